The molecule has 1 saturated heterocycles. The van der Waals surface area contributed by atoms with E-state index in [2.05, 4.69) is 0 Å². The highest BCUT2D eigenvalue weighted by Gasteiger charge is 2.37. The van der Waals surface area contributed by atoms with Crippen LogP contribution in [0.15, 0.2) is 24.3 Å². The maximum atomic E-state index is 12.8. The second kappa shape index (κ2) is 4.49. The number of hydrogen-bond donors (Lipinski definition) is 1. The summed E-state index contributed by atoms with van der Waals surface area (Å²) in [6, 6.07) is 6.07. The fourth-order valence-electron chi connectivity index (χ4n) is 1.75. The number of ether oxygens (including phenoxy) is 2. The van der Waals surface area contributed by atoms with Crippen molar-refractivity contribution in [2.75, 3.05) is 19.8 Å². The Hall–Kier alpha value is -0.970. The van der Waals surface area contributed by atoms with Gasteiger partial charge in [0.1, 0.15) is 5.82 Å². The molecule has 0 aromatic heterocycles. The van der Waals surface area contributed by atoms with Crippen molar-refractivity contribution in [2.24, 2.45) is 11.7 Å². The standard InChI is InChI=1S/C12H16FNO2/c1-9-6-15-12(8-14,16-7-9)10-2-4-11(13)5-3-10/h2-5,9H,6-8,14H2,1H3. The van der Waals surface area contributed by atoms with E-state index in [0.717, 1.165) is 5.56 Å². The molecule has 0 aliphatic carbocycles. The molecule has 0 spiro atoms. The molecule has 0 amide bonds. The van der Waals surface area contributed by atoms with Crippen LogP contribution in [0, 0.1) is 11.7 Å². The fourth-order valence-corrected chi connectivity index (χ4v) is 1.75. The summed E-state index contributed by atoms with van der Waals surface area (Å²) in [5, 5.41) is 0. The molecule has 2 N–H and O–H groups in total. The van der Waals surface area contributed by atoms with Gasteiger partial charge < -0.3 is 15.2 Å². The minimum atomic E-state index is -0.903. The first-order valence-corrected chi connectivity index (χ1v) is 5.40. The monoisotopic (exact) mass is 225 g/mol. The molecule has 1 aliphatic rings. The molecule has 1 heterocycles. The third-order valence-corrected chi connectivity index (χ3v) is 2.75. The zero-order chi connectivity index (χ0) is 11.6. The zero-order valence-electron chi connectivity index (χ0n) is 9.28. The molecule has 0 atom stereocenters. The van der Waals surface area contributed by atoms with Crippen molar-refractivity contribution in [3.63, 3.8) is 0 Å². The predicted octanol–water partition coefficient (Wildman–Crippen LogP) is 1.62. The van der Waals surface area contributed by atoms with Gasteiger partial charge in [-0.15, -0.1) is 0 Å². The number of benzene rings is 1. The molecule has 0 saturated carbocycles. The molecule has 1 aromatic carbocycles. The Morgan fingerprint density at radius 1 is 1.31 bits per heavy atom. The molecule has 2 rings (SSSR count). The lowest BCUT2D eigenvalue weighted by atomic mass is 10.0. The number of halogens is 1. The SMILES string of the molecule is CC1COC(CN)(c2ccc(F)cc2)OC1. The Bertz CT molecular complexity index is 345. The third kappa shape index (κ3) is 2.09. The van der Waals surface area contributed by atoms with Crippen molar-refractivity contribution in [1.82, 2.24) is 0 Å². The van der Waals surface area contributed by atoms with Crippen molar-refractivity contribution in [1.29, 1.82) is 0 Å². The Balaban J connectivity index is 2.24. The van der Waals surface area contributed by atoms with Crippen LogP contribution in [0.5, 0.6) is 0 Å². The molecular formula is C12H16FNO2. The van der Waals surface area contributed by atoms with Gasteiger partial charge in [0.05, 0.1) is 19.8 Å². The van der Waals surface area contributed by atoms with E-state index in [0.29, 0.717) is 19.1 Å². The lowest BCUT2D eigenvalue weighted by molar-refractivity contribution is -0.284. The minimum absolute atomic E-state index is 0.228. The van der Waals surface area contributed by atoms with Crippen molar-refractivity contribution in [3.8, 4) is 0 Å². The molecule has 16 heavy (non-hydrogen) atoms. The summed E-state index contributed by atoms with van der Waals surface area (Å²) in [5.41, 5.74) is 6.48. The molecule has 0 radical (unpaired) electrons. The number of hydrogen-bond acceptors (Lipinski definition) is 3. The summed E-state index contributed by atoms with van der Waals surface area (Å²) in [5.74, 6) is -0.819. The van der Waals surface area contributed by atoms with Crippen LogP contribution in [-0.4, -0.2) is 19.8 Å². The fraction of sp³-hybridized carbons (Fsp3) is 0.500. The molecule has 1 aliphatic heterocycles. The molecule has 3 nitrogen and oxygen atoms in total. The normalized spacial score (nSPS) is 30.3. The molecule has 0 unspecified atom stereocenters. The average Bonchev–Trinajstić information content (AvgIpc) is 2.32. The average molecular weight is 225 g/mol. The summed E-state index contributed by atoms with van der Waals surface area (Å²) in [6.45, 7) is 3.49. The summed E-state index contributed by atoms with van der Waals surface area (Å²) >= 11 is 0. The molecular weight excluding hydrogens is 209 g/mol. The van der Waals surface area contributed by atoms with Gasteiger partial charge >= 0.3 is 0 Å². The topological polar surface area (TPSA) is 44.5 Å². The van der Waals surface area contributed by atoms with Crippen LogP contribution in [0.2, 0.25) is 0 Å². The van der Waals surface area contributed by atoms with Gasteiger partial charge in [0.2, 0.25) is 5.79 Å². The molecule has 1 fully saturated rings. The van der Waals surface area contributed by atoms with Crippen LogP contribution < -0.4 is 5.73 Å². The van der Waals surface area contributed by atoms with Crippen LogP contribution >= 0.6 is 0 Å². The number of nitrogens with two attached hydrogens (primary N) is 1. The summed E-state index contributed by atoms with van der Waals surface area (Å²) < 4.78 is 24.2. The molecule has 0 bridgehead atoms. The van der Waals surface area contributed by atoms with E-state index >= 15 is 0 Å². The van der Waals surface area contributed by atoms with E-state index in [1.54, 1.807) is 12.1 Å². The lowest BCUT2D eigenvalue weighted by Crippen LogP contribution is -2.46. The second-order valence-corrected chi connectivity index (χ2v) is 4.19. The largest absolute Gasteiger partial charge is 0.344 e. The van der Waals surface area contributed by atoms with E-state index in [1.807, 2.05) is 6.92 Å². The van der Waals surface area contributed by atoms with Crippen LogP contribution in [0.1, 0.15) is 12.5 Å². The van der Waals surface area contributed by atoms with Gasteiger partial charge in [-0.2, -0.15) is 0 Å². The van der Waals surface area contributed by atoms with Gasteiger partial charge in [-0.1, -0.05) is 19.1 Å². The molecule has 1 aromatic rings. The van der Waals surface area contributed by atoms with Gasteiger partial charge in [-0.25, -0.2) is 4.39 Å². The van der Waals surface area contributed by atoms with Gasteiger partial charge in [0.25, 0.3) is 0 Å². The maximum Gasteiger partial charge on any atom is 0.207 e. The number of rotatable bonds is 2. The highest BCUT2D eigenvalue weighted by molar-refractivity contribution is 5.22. The first kappa shape index (κ1) is 11.5. The Morgan fingerprint density at radius 2 is 1.88 bits per heavy atom. The van der Waals surface area contributed by atoms with E-state index in [-0.39, 0.29) is 12.4 Å². The predicted molar refractivity (Wildman–Crippen MR) is 58.2 cm³/mol. The van der Waals surface area contributed by atoms with Gasteiger partial charge in [-0.05, 0) is 12.1 Å². The van der Waals surface area contributed by atoms with E-state index in [4.69, 9.17) is 15.2 Å². The second-order valence-electron chi connectivity index (χ2n) is 4.19. The van der Waals surface area contributed by atoms with Crippen LogP contribution in [0.4, 0.5) is 4.39 Å². The smallest absolute Gasteiger partial charge is 0.207 e. The quantitative estimate of drug-likeness (QED) is 0.831. The van der Waals surface area contributed by atoms with Gasteiger partial charge in [-0.3, -0.25) is 0 Å². The van der Waals surface area contributed by atoms with Crippen LogP contribution in [0.3, 0.4) is 0 Å². The first-order valence-electron chi connectivity index (χ1n) is 5.40. The van der Waals surface area contributed by atoms with Crippen molar-refractivity contribution in [3.05, 3.63) is 35.6 Å². The summed E-state index contributed by atoms with van der Waals surface area (Å²) in [4.78, 5) is 0. The van der Waals surface area contributed by atoms with Crippen molar-refractivity contribution in [2.45, 2.75) is 12.7 Å². The maximum absolute atomic E-state index is 12.8. The van der Waals surface area contributed by atoms with Gasteiger partial charge in [0.15, 0.2) is 0 Å². The Labute approximate surface area is 94.3 Å². The van der Waals surface area contributed by atoms with E-state index in [9.17, 15) is 4.39 Å². The Kier molecular flexibility index (Phi) is 3.23. The highest BCUT2D eigenvalue weighted by Crippen LogP contribution is 2.31. The molecule has 4 heteroatoms. The van der Waals surface area contributed by atoms with Gasteiger partial charge in [0, 0.05) is 11.5 Å². The summed E-state index contributed by atoms with van der Waals surface area (Å²) in [6.07, 6.45) is 0. The van der Waals surface area contributed by atoms with E-state index < -0.39 is 5.79 Å². The minimum Gasteiger partial charge on any atom is -0.344 e. The van der Waals surface area contributed by atoms with Crippen LogP contribution in [-0.2, 0) is 15.3 Å². The molecule has 88 valence electrons. The van der Waals surface area contributed by atoms with Crippen molar-refractivity contribution < 1.29 is 13.9 Å². The first-order chi connectivity index (χ1) is 7.66. The van der Waals surface area contributed by atoms with E-state index in [1.165, 1.54) is 12.1 Å². The Morgan fingerprint density at radius 3 is 2.38 bits per heavy atom. The highest BCUT2D eigenvalue weighted by atomic mass is 19.1. The van der Waals surface area contributed by atoms with Crippen molar-refractivity contribution >= 4 is 0 Å². The lowest BCUT2D eigenvalue weighted by Gasteiger charge is -2.38. The zero-order valence-corrected chi connectivity index (χ0v) is 9.28. The third-order valence-electron chi connectivity index (χ3n) is 2.75. The summed E-state index contributed by atoms with van der Waals surface area (Å²) in [7, 11) is 0. The van der Waals surface area contributed by atoms with Crippen LogP contribution in [0.25, 0.3) is 0 Å².